The topological polar surface area (TPSA) is 437 Å². The van der Waals surface area contributed by atoms with E-state index in [0.717, 1.165) is 6.92 Å². The van der Waals surface area contributed by atoms with Crippen LogP contribution in [0, 0.1) is 5.92 Å². The van der Waals surface area contributed by atoms with Gasteiger partial charge in [-0.1, -0.05) is 13.8 Å². The number of primary amides is 3. The molecule has 0 fully saturated rings. The molecule has 0 aliphatic rings. The standard InChI is InChI=1S/C31H53N11O14/c1-12(2)7-17(39-24(48)13(3)36-26(50)15(32)8-22(34)46)28(52)38-16(5-6-21(33)45)27(51)41-19(10-43)30(54)37-14(4)25(49)40-18(9-23(35)47)29(53)42-20(11-44)31(55)56/h12-20,43-44H,5-11,32H2,1-4H3,(H2,33,45)(H2,34,46)(H2,35,47)(H,36,50)(H,37,54)(H,38,52)(H,39,48)(H,40,49)(H,41,51)(H,42,53)(H,55,56)/t13-,14-,15-,16-,17-,18-,19-,20-/m0/s1. The summed E-state index contributed by atoms with van der Waals surface area (Å²) in [5.41, 5.74) is 21.0. The minimum absolute atomic E-state index is 0.00867. The largest absolute Gasteiger partial charge is 0.480 e. The molecule has 0 aliphatic heterocycles. The van der Waals surface area contributed by atoms with Crippen LogP contribution < -0.4 is 60.2 Å². The van der Waals surface area contributed by atoms with Gasteiger partial charge < -0.3 is 75.5 Å². The Hall–Kier alpha value is -5.95. The van der Waals surface area contributed by atoms with Crippen LogP contribution in [0.15, 0.2) is 0 Å². The molecule has 316 valence electrons. The van der Waals surface area contributed by atoms with Crippen LogP contribution in [0.2, 0.25) is 0 Å². The van der Waals surface area contributed by atoms with E-state index in [1.165, 1.54) is 6.92 Å². The third kappa shape index (κ3) is 18.9. The molecule has 56 heavy (non-hydrogen) atoms. The van der Waals surface area contributed by atoms with E-state index in [-0.39, 0.29) is 12.3 Å². The highest BCUT2D eigenvalue weighted by molar-refractivity contribution is 5.98. The van der Waals surface area contributed by atoms with Crippen molar-refractivity contribution in [2.24, 2.45) is 28.9 Å². The zero-order chi connectivity index (χ0) is 43.4. The van der Waals surface area contributed by atoms with E-state index in [1.54, 1.807) is 13.8 Å². The van der Waals surface area contributed by atoms with Gasteiger partial charge in [-0.15, -0.1) is 0 Å². The van der Waals surface area contributed by atoms with Crippen molar-refractivity contribution in [2.45, 2.75) is 108 Å². The van der Waals surface area contributed by atoms with Gasteiger partial charge in [-0.2, -0.15) is 0 Å². The van der Waals surface area contributed by atoms with Gasteiger partial charge in [0.2, 0.25) is 59.1 Å². The SMILES string of the molecule is CC(C)C[C@H](NC(=O)[C@H](C)NC(=O)[C@@H](N)CC(N)=O)C(=O)N[C@@H](CCC(N)=O)C(=O)N[C@@H](CO)C(=O)N[C@@H](C)C(=O)N[C@@H](CC(N)=O)C(=O)N[C@@H](CO)C(=O)O. The average molecular weight is 804 g/mol. The maximum absolute atomic E-state index is 13.4. The monoisotopic (exact) mass is 803 g/mol. The summed E-state index contributed by atoms with van der Waals surface area (Å²) in [7, 11) is 0. The number of hydrogen-bond donors (Lipinski definition) is 14. The maximum Gasteiger partial charge on any atom is 0.328 e. The van der Waals surface area contributed by atoms with Gasteiger partial charge in [-0.05, 0) is 32.6 Å². The fourth-order valence-electron chi connectivity index (χ4n) is 4.53. The number of aliphatic hydroxyl groups excluding tert-OH is 2. The summed E-state index contributed by atoms with van der Waals surface area (Å²) < 4.78 is 0. The predicted molar refractivity (Wildman–Crippen MR) is 190 cm³/mol. The van der Waals surface area contributed by atoms with Crippen molar-refractivity contribution in [1.82, 2.24) is 37.2 Å². The lowest BCUT2D eigenvalue weighted by atomic mass is 10.0. The molecule has 10 amide bonds. The number of nitrogens with two attached hydrogens (primary N) is 4. The summed E-state index contributed by atoms with van der Waals surface area (Å²) in [5, 5.41) is 43.5. The van der Waals surface area contributed by atoms with Gasteiger partial charge in [0.05, 0.1) is 32.1 Å². The summed E-state index contributed by atoms with van der Waals surface area (Å²) in [4.78, 5) is 136. The van der Waals surface area contributed by atoms with E-state index < -0.39 is 152 Å². The number of aliphatic hydroxyl groups is 2. The van der Waals surface area contributed by atoms with Gasteiger partial charge in [0.1, 0.15) is 42.3 Å². The van der Waals surface area contributed by atoms with Crippen molar-refractivity contribution < 1.29 is 68.1 Å². The fourth-order valence-corrected chi connectivity index (χ4v) is 4.53. The summed E-state index contributed by atoms with van der Waals surface area (Å²) in [6.07, 6.45) is -2.17. The van der Waals surface area contributed by atoms with Crippen LogP contribution in [-0.4, -0.2) is 142 Å². The molecule has 0 saturated heterocycles. The van der Waals surface area contributed by atoms with Crippen LogP contribution in [0.3, 0.4) is 0 Å². The van der Waals surface area contributed by atoms with Gasteiger partial charge in [0, 0.05) is 6.42 Å². The molecule has 0 aromatic rings. The first-order chi connectivity index (χ1) is 25.9. The van der Waals surface area contributed by atoms with Crippen LogP contribution >= 0.6 is 0 Å². The maximum atomic E-state index is 13.4. The smallest absolute Gasteiger partial charge is 0.328 e. The van der Waals surface area contributed by atoms with Crippen LogP contribution in [0.1, 0.15) is 59.8 Å². The molecular weight excluding hydrogens is 750 g/mol. The highest BCUT2D eigenvalue weighted by Gasteiger charge is 2.33. The van der Waals surface area contributed by atoms with Crippen LogP contribution in [0.4, 0.5) is 0 Å². The highest BCUT2D eigenvalue weighted by atomic mass is 16.4. The van der Waals surface area contributed by atoms with Crippen LogP contribution in [-0.2, 0) is 52.7 Å². The first kappa shape index (κ1) is 50.1. The second kappa shape index (κ2) is 24.5. The molecule has 0 rings (SSSR count). The van der Waals surface area contributed by atoms with Crippen LogP contribution in [0.5, 0.6) is 0 Å². The number of carboxylic acid groups (broad SMARTS) is 1. The number of hydrogen-bond acceptors (Lipinski definition) is 14. The van der Waals surface area contributed by atoms with Gasteiger partial charge in [0.15, 0.2) is 0 Å². The third-order valence-electron chi connectivity index (χ3n) is 7.57. The lowest BCUT2D eigenvalue weighted by Crippen LogP contribution is -2.60. The molecule has 18 N–H and O–H groups in total. The third-order valence-corrected chi connectivity index (χ3v) is 7.57. The number of aliphatic carboxylic acids is 1. The molecule has 0 bridgehead atoms. The number of carboxylic acids is 1. The second-order valence-electron chi connectivity index (χ2n) is 13.1. The number of rotatable bonds is 26. The first-order valence-electron chi connectivity index (χ1n) is 17.1. The summed E-state index contributed by atoms with van der Waals surface area (Å²) in [6, 6.07) is -12.4. The minimum atomic E-state index is -1.79. The van der Waals surface area contributed by atoms with Gasteiger partial charge >= 0.3 is 5.97 Å². The lowest BCUT2D eigenvalue weighted by molar-refractivity contribution is -0.143. The number of carbonyl (C=O) groups is 11. The summed E-state index contributed by atoms with van der Waals surface area (Å²) in [6.45, 7) is 3.71. The molecule has 0 aromatic carbocycles. The second-order valence-corrected chi connectivity index (χ2v) is 13.1. The first-order valence-corrected chi connectivity index (χ1v) is 17.1. The van der Waals surface area contributed by atoms with E-state index in [0.29, 0.717) is 0 Å². The Morgan fingerprint density at radius 3 is 1.32 bits per heavy atom. The van der Waals surface area contributed by atoms with E-state index in [2.05, 4.69) is 31.9 Å². The quantitative estimate of drug-likeness (QED) is 0.0386. The van der Waals surface area contributed by atoms with Gasteiger partial charge in [-0.3, -0.25) is 47.9 Å². The Labute approximate surface area is 320 Å². The molecule has 0 saturated carbocycles. The molecule has 0 aliphatic carbocycles. The molecule has 0 radical (unpaired) electrons. The molecule has 8 atom stereocenters. The number of amides is 10. The van der Waals surface area contributed by atoms with Gasteiger partial charge in [-0.25, -0.2) is 4.79 Å². The fraction of sp³-hybridized carbons (Fsp3) is 0.645. The van der Waals surface area contributed by atoms with Crippen LogP contribution in [0.25, 0.3) is 0 Å². The van der Waals surface area contributed by atoms with Crippen molar-refractivity contribution in [3.8, 4) is 0 Å². The zero-order valence-corrected chi connectivity index (χ0v) is 31.3. The Balaban J connectivity index is 5.89. The molecule has 0 unspecified atom stereocenters. The van der Waals surface area contributed by atoms with Gasteiger partial charge in [0.25, 0.3) is 0 Å². The summed E-state index contributed by atoms with van der Waals surface area (Å²) >= 11 is 0. The molecule has 0 aromatic heterocycles. The zero-order valence-electron chi connectivity index (χ0n) is 31.3. The highest BCUT2D eigenvalue weighted by Crippen LogP contribution is 2.08. The Bertz CT molecular complexity index is 1480. The Kier molecular flexibility index (Phi) is 21.9. The molecule has 25 nitrogen and oxygen atoms in total. The normalized spacial score (nSPS) is 15.1. The van der Waals surface area contributed by atoms with E-state index in [9.17, 15) is 57.8 Å². The molecule has 0 spiro atoms. The van der Waals surface area contributed by atoms with Crippen molar-refractivity contribution in [3.05, 3.63) is 0 Å². The van der Waals surface area contributed by atoms with Crippen molar-refractivity contribution in [3.63, 3.8) is 0 Å². The Morgan fingerprint density at radius 2 is 0.875 bits per heavy atom. The van der Waals surface area contributed by atoms with Crippen molar-refractivity contribution in [2.75, 3.05) is 13.2 Å². The number of carbonyl (C=O) groups excluding carboxylic acids is 10. The average Bonchev–Trinajstić information content (AvgIpc) is 3.08. The lowest BCUT2D eigenvalue weighted by Gasteiger charge is -2.27. The Morgan fingerprint density at radius 1 is 0.482 bits per heavy atom. The molecular formula is C31H53N11O14. The minimum Gasteiger partial charge on any atom is -0.480 e. The van der Waals surface area contributed by atoms with E-state index in [4.69, 9.17) is 33.1 Å². The molecule has 25 heteroatoms. The summed E-state index contributed by atoms with van der Waals surface area (Å²) in [5.74, 6) is -11.9. The molecule has 0 heterocycles. The van der Waals surface area contributed by atoms with E-state index >= 15 is 0 Å². The van der Waals surface area contributed by atoms with Crippen molar-refractivity contribution in [1.29, 1.82) is 0 Å². The predicted octanol–water partition coefficient (Wildman–Crippen LogP) is -8.12. The van der Waals surface area contributed by atoms with E-state index in [1.807, 2.05) is 5.32 Å². The van der Waals surface area contributed by atoms with Crippen molar-refractivity contribution >= 4 is 65.0 Å². The number of nitrogens with one attached hydrogen (secondary N) is 7.